The first-order chi connectivity index (χ1) is 24.5. The molecule has 4 aromatic heterocycles. The molecule has 5 heterocycles. The average Bonchev–Trinajstić information content (AvgIpc) is 3.88. The van der Waals surface area contributed by atoms with Crippen LogP contribution >= 0.6 is 0 Å². The van der Waals surface area contributed by atoms with E-state index in [-0.39, 0.29) is 18.3 Å². The number of nitrogens with zero attached hydrogens (tertiary/aromatic N) is 7. The number of imidazole rings is 1. The van der Waals surface area contributed by atoms with Gasteiger partial charge >= 0.3 is 0 Å². The molecule has 0 aliphatic carbocycles. The van der Waals surface area contributed by atoms with Crippen molar-refractivity contribution < 1.29 is 29.3 Å². The van der Waals surface area contributed by atoms with Gasteiger partial charge in [0, 0.05) is 43.7 Å². The highest BCUT2D eigenvalue weighted by Crippen LogP contribution is 2.40. The molecule has 1 saturated heterocycles. The molecule has 1 aliphatic heterocycles. The zero-order valence-corrected chi connectivity index (χ0v) is 27.1. The first-order valence-electron chi connectivity index (χ1n) is 16.1. The van der Waals surface area contributed by atoms with Gasteiger partial charge in [0.2, 0.25) is 17.7 Å². The van der Waals surface area contributed by atoms with Crippen molar-refractivity contribution in [3.05, 3.63) is 120 Å². The lowest BCUT2D eigenvalue weighted by atomic mass is 9.91. The van der Waals surface area contributed by atoms with Gasteiger partial charge in [-0.2, -0.15) is 9.97 Å². The number of pyridine rings is 1. The molecular weight excluding hydrogens is 642 g/mol. The first kappa shape index (κ1) is 34.1. The Morgan fingerprint density at radius 1 is 0.900 bits per heavy atom. The van der Waals surface area contributed by atoms with Crippen LogP contribution in [0.1, 0.15) is 53.8 Å². The van der Waals surface area contributed by atoms with Crippen molar-refractivity contribution in [2.45, 2.75) is 50.2 Å². The molecule has 0 saturated carbocycles. The number of anilines is 2. The minimum atomic E-state index is -1.32. The normalized spacial score (nSPS) is 18.5. The minimum Gasteiger partial charge on any atom is -0.483 e. The molecule has 258 valence electrons. The van der Waals surface area contributed by atoms with E-state index in [2.05, 4.69) is 55.1 Å². The lowest BCUT2D eigenvalue weighted by Crippen LogP contribution is -2.29. The average molecular weight is 680 g/mol. The second kappa shape index (κ2) is 16.1. The Labute approximate surface area is 287 Å². The van der Waals surface area contributed by atoms with Crippen LogP contribution < -0.4 is 10.6 Å². The van der Waals surface area contributed by atoms with Crippen molar-refractivity contribution in [2.24, 2.45) is 0 Å². The topological polar surface area (TPSA) is 206 Å². The number of rotatable bonds is 12. The quantitative estimate of drug-likeness (QED) is 0.117. The molecule has 15 heteroatoms. The molecule has 0 unspecified atom stereocenters. The zero-order valence-electron chi connectivity index (χ0n) is 27.1. The van der Waals surface area contributed by atoms with Gasteiger partial charge < -0.3 is 35.1 Å². The predicted molar refractivity (Wildman–Crippen MR) is 182 cm³/mol. The first-order valence-corrected chi connectivity index (χ1v) is 16.1. The number of carbonyl (C=O) groups is 1. The Balaban J connectivity index is 0.00000139. The van der Waals surface area contributed by atoms with Crippen LogP contribution in [0.15, 0.2) is 95.8 Å². The fraction of sp³-hybridized carbons (Fsp3) is 0.286. The van der Waals surface area contributed by atoms with E-state index in [1.165, 1.54) is 6.33 Å². The smallest absolute Gasteiger partial charge is 0.290 e. The van der Waals surface area contributed by atoms with Crippen molar-refractivity contribution in [1.82, 2.24) is 34.7 Å². The number of nitrogens with one attached hydrogen (secondary N) is 2. The largest absolute Gasteiger partial charge is 0.483 e. The van der Waals surface area contributed by atoms with E-state index in [4.69, 9.17) is 29.0 Å². The second-order valence-corrected chi connectivity index (χ2v) is 11.4. The third-order valence-corrected chi connectivity index (χ3v) is 8.23. The van der Waals surface area contributed by atoms with Crippen molar-refractivity contribution in [1.29, 1.82) is 0 Å². The molecule has 1 fully saturated rings. The summed E-state index contributed by atoms with van der Waals surface area (Å²) in [6.07, 6.45) is -0.182. The molecule has 0 bridgehead atoms. The van der Waals surface area contributed by atoms with Gasteiger partial charge in [-0.15, -0.1) is 10.2 Å². The van der Waals surface area contributed by atoms with E-state index < -0.39 is 24.5 Å². The van der Waals surface area contributed by atoms with E-state index in [9.17, 15) is 10.2 Å². The van der Waals surface area contributed by atoms with Crippen molar-refractivity contribution in [2.75, 3.05) is 23.7 Å². The summed E-state index contributed by atoms with van der Waals surface area (Å²) in [4.78, 5) is 27.0. The van der Waals surface area contributed by atoms with Crippen molar-refractivity contribution in [3.63, 3.8) is 0 Å². The Morgan fingerprint density at radius 3 is 2.24 bits per heavy atom. The second-order valence-electron chi connectivity index (χ2n) is 11.4. The van der Waals surface area contributed by atoms with Gasteiger partial charge in [-0.05, 0) is 23.3 Å². The van der Waals surface area contributed by atoms with Crippen LogP contribution in [0, 0.1) is 0 Å². The third-order valence-electron chi connectivity index (χ3n) is 8.23. The van der Waals surface area contributed by atoms with Crippen molar-refractivity contribution >= 4 is 29.4 Å². The van der Waals surface area contributed by atoms with Crippen LogP contribution in [-0.4, -0.2) is 81.8 Å². The minimum absolute atomic E-state index is 0.0309. The fourth-order valence-electron chi connectivity index (χ4n) is 5.77. The van der Waals surface area contributed by atoms with Gasteiger partial charge in [-0.1, -0.05) is 73.7 Å². The number of hydrogen-bond acceptors (Lipinski definition) is 13. The number of carboxylic acid groups (broad SMARTS) is 1. The van der Waals surface area contributed by atoms with E-state index in [0.717, 1.165) is 16.8 Å². The van der Waals surface area contributed by atoms with Crippen molar-refractivity contribution in [3.8, 4) is 0 Å². The number of hydrogen-bond donors (Lipinski definition) is 5. The van der Waals surface area contributed by atoms with Crippen LogP contribution in [-0.2, 0) is 22.4 Å². The van der Waals surface area contributed by atoms with Crippen LogP contribution in [0.4, 0.5) is 11.8 Å². The maximum atomic E-state index is 11.1. The lowest BCUT2D eigenvalue weighted by Gasteiger charge is -2.20. The Morgan fingerprint density at radius 2 is 1.60 bits per heavy atom. The number of aliphatic hydroxyl groups excluding tert-OH is 2. The number of ether oxygens (including phenoxy) is 1. The molecule has 1 aliphatic rings. The Kier molecular flexibility index (Phi) is 11.0. The predicted octanol–water partition coefficient (Wildman–Crippen LogP) is 3.76. The molecule has 6 aromatic rings. The molecule has 0 radical (unpaired) electrons. The van der Waals surface area contributed by atoms with Crippen LogP contribution in [0.2, 0.25) is 0 Å². The van der Waals surface area contributed by atoms with Gasteiger partial charge in [-0.3, -0.25) is 14.3 Å². The molecular formula is C35H37N9O6. The van der Waals surface area contributed by atoms with E-state index >= 15 is 0 Å². The summed E-state index contributed by atoms with van der Waals surface area (Å²) in [6.45, 7) is 2.70. The molecule has 2 aromatic carbocycles. The SMILES string of the molecule is CCc1nnc([C@H]2O[C@@H](n3cnc4c(NCC(c5ccccc5)c5ccccc5)nc(NCCc5ccccn5)nc43)[C@H](O)[C@@H]2O)o1.O=CO. The summed E-state index contributed by atoms with van der Waals surface area (Å²) in [7, 11) is 0. The lowest BCUT2D eigenvalue weighted by molar-refractivity contribution is -0.122. The van der Waals surface area contributed by atoms with Crippen LogP contribution in [0.5, 0.6) is 0 Å². The molecule has 7 rings (SSSR count). The Hall–Kier alpha value is -5.77. The number of aliphatic hydroxyl groups is 2. The summed E-state index contributed by atoms with van der Waals surface area (Å²) in [6, 6.07) is 26.4. The summed E-state index contributed by atoms with van der Waals surface area (Å²) in [5.41, 5.74) is 4.15. The molecule has 15 nitrogen and oxygen atoms in total. The summed E-state index contributed by atoms with van der Waals surface area (Å²) in [5.74, 6) is 1.42. The number of fused-ring (bicyclic) bond motifs is 1. The number of aryl methyl sites for hydroxylation is 1. The van der Waals surface area contributed by atoms with Gasteiger partial charge in [0.1, 0.15) is 12.2 Å². The molecule has 5 N–H and O–H groups in total. The van der Waals surface area contributed by atoms with E-state index in [1.807, 2.05) is 61.5 Å². The van der Waals surface area contributed by atoms with Gasteiger partial charge in [0.15, 0.2) is 29.3 Å². The summed E-state index contributed by atoms with van der Waals surface area (Å²) >= 11 is 0. The van der Waals surface area contributed by atoms with E-state index in [0.29, 0.717) is 54.8 Å². The van der Waals surface area contributed by atoms with Gasteiger partial charge in [0.25, 0.3) is 6.47 Å². The molecule has 0 amide bonds. The number of benzene rings is 2. The number of aromatic nitrogens is 7. The highest BCUT2D eigenvalue weighted by Gasteiger charge is 2.47. The fourth-order valence-corrected chi connectivity index (χ4v) is 5.77. The highest BCUT2D eigenvalue weighted by molar-refractivity contribution is 5.84. The molecule has 50 heavy (non-hydrogen) atoms. The maximum Gasteiger partial charge on any atom is 0.290 e. The van der Waals surface area contributed by atoms with Crippen LogP contribution in [0.25, 0.3) is 11.2 Å². The molecule has 4 atom stereocenters. The van der Waals surface area contributed by atoms with Crippen LogP contribution in [0.3, 0.4) is 0 Å². The standard InChI is InChI=1S/C34H35N9O4.CH2O2/c1-2-25-41-42-32(46-25)29-27(44)28(45)33(47-29)43-20-38-26-30(39-34(40-31(26)43)36-18-16-23-15-9-10-17-35-23)37-19-24(21-11-5-3-6-12-21)22-13-7-4-8-14-22;2-1-3/h3-15,17,20,24,27-29,33,44-45H,2,16,18-19H2,1H3,(H2,36,37,39,40);1H,(H,2,3)/t27-,28+,29-,33+;/m0./s1. The Bertz CT molecular complexity index is 1920. The maximum absolute atomic E-state index is 11.1. The zero-order chi connectivity index (χ0) is 34.9. The monoisotopic (exact) mass is 679 g/mol. The summed E-state index contributed by atoms with van der Waals surface area (Å²) in [5, 5.41) is 43.8. The van der Waals surface area contributed by atoms with E-state index in [1.54, 1.807) is 10.8 Å². The van der Waals surface area contributed by atoms with Gasteiger partial charge in [-0.25, -0.2) is 4.98 Å². The molecule has 0 spiro atoms. The van der Waals surface area contributed by atoms with Gasteiger partial charge in [0.05, 0.1) is 6.33 Å². The summed E-state index contributed by atoms with van der Waals surface area (Å²) < 4.78 is 13.4. The highest BCUT2D eigenvalue weighted by atomic mass is 16.6. The third kappa shape index (κ3) is 7.59.